The number of anilines is 1. The lowest BCUT2D eigenvalue weighted by Crippen LogP contribution is -2.41. The van der Waals surface area contributed by atoms with Crippen molar-refractivity contribution >= 4 is 28.2 Å². The van der Waals surface area contributed by atoms with E-state index in [4.69, 9.17) is 11.6 Å². The van der Waals surface area contributed by atoms with Gasteiger partial charge in [0.05, 0.1) is 5.69 Å². The van der Waals surface area contributed by atoms with Crippen molar-refractivity contribution in [3.63, 3.8) is 0 Å². The summed E-state index contributed by atoms with van der Waals surface area (Å²) < 4.78 is 0. The van der Waals surface area contributed by atoms with Crippen molar-refractivity contribution in [2.24, 2.45) is 0 Å². The minimum absolute atomic E-state index is 0.385. The van der Waals surface area contributed by atoms with Gasteiger partial charge in [-0.2, -0.15) is 5.10 Å². The van der Waals surface area contributed by atoms with Crippen LogP contribution in [0.25, 0.3) is 10.8 Å². The topological polar surface area (TPSA) is 29.0 Å². The molecule has 1 atom stereocenters. The number of aryl methyl sites for hydroxylation is 1. The molecule has 1 aromatic heterocycles. The summed E-state index contributed by atoms with van der Waals surface area (Å²) in [6.07, 6.45) is 3.61. The molecule has 1 saturated heterocycles. The maximum absolute atomic E-state index is 6.12. The summed E-state index contributed by atoms with van der Waals surface area (Å²) in [7, 11) is 0. The van der Waals surface area contributed by atoms with Crippen LogP contribution in [0, 0.1) is 6.92 Å². The Morgan fingerprint density at radius 3 is 2.79 bits per heavy atom. The number of hydrogen-bond donors (Lipinski definition) is 0. The standard InChI is InChI=1S/C15H18ClN3/c1-11-13-7-2-3-8-14(13)15(18-17-11)19-9-5-4-6-12(19)10-16/h2-3,7-8,12H,4-6,9-10H2,1H3. The number of halogens is 1. The quantitative estimate of drug-likeness (QED) is 0.785. The van der Waals surface area contributed by atoms with E-state index in [1.165, 1.54) is 23.6 Å². The van der Waals surface area contributed by atoms with Crippen molar-refractivity contribution in [2.75, 3.05) is 17.3 Å². The van der Waals surface area contributed by atoms with E-state index in [2.05, 4.69) is 39.4 Å². The molecule has 0 spiro atoms. The van der Waals surface area contributed by atoms with E-state index in [1.54, 1.807) is 0 Å². The van der Waals surface area contributed by atoms with Crippen molar-refractivity contribution in [3.8, 4) is 0 Å². The van der Waals surface area contributed by atoms with Crippen LogP contribution < -0.4 is 4.90 Å². The van der Waals surface area contributed by atoms with Gasteiger partial charge in [0, 0.05) is 29.2 Å². The summed E-state index contributed by atoms with van der Waals surface area (Å²) >= 11 is 6.12. The zero-order valence-corrected chi connectivity index (χ0v) is 11.9. The molecular weight excluding hydrogens is 258 g/mol. The smallest absolute Gasteiger partial charge is 0.159 e. The maximum Gasteiger partial charge on any atom is 0.159 e. The highest BCUT2D eigenvalue weighted by Crippen LogP contribution is 2.30. The van der Waals surface area contributed by atoms with Crippen LogP contribution in [0.2, 0.25) is 0 Å². The van der Waals surface area contributed by atoms with Crippen LogP contribution in [0.4, 0.5) is 5.82 Å². The van der Waals surface area contributed by atoms with Gasteiger partial charge in [0.15, 0.2) is 5.82 Å². The van der Waals surface area contributed by atoms with Gasteiger partial charge >= 0.3 is 0 Å². The number of nitrogens with zero attached hydrogens (tertiary/aromatic N) is 3. The van der Waals surface area contributed by atoms with E-state index < -0.39 is 0 Å². The lowest BCUT2D eigenvalue weighted by molar-refractivity contribution is 0.484. The first-order valence-electron chi connectivity index (χ1n) is 6.86. The Bertz CT molecular complexity index is 585. The number of piperidine rings is 1. The fraction of sp³-hybridized carbons (Fsp3) is 0.467. The molecule has 1 fully saturated rings. The van der Waals surface area contributed by atoms with E-state index in [-0.39, 0.29) is 0 Å². The molecule has 2 aromatic rings. The number of alkyl halides is 1. The number of benzene rings is 1. The molecule has 0 aliphatic carbocycles. The molecule has 0 saturated carbocycles. The van der Waals surface area contributed by atoms with Gasteiger partial charge < -0.3 is 4.90 Å². The first-order valence-corrected chi connectivity index (χ1v) is 7.39. The van der Waals surface area contributed by atoms with Gasteiger partial charge in [0.2, 0.25) is 0 Å². The zero-order valence-electron chi connectivity index (χ0n) is 11.1. The zero-order chi connectivity index (χ0) is 13.2. The maximum atomic E-state index is 6.12. The second-order valence-electron chi connectivity index (χ2n) is 5.15. The second-order valence-corrected chi connectivity index (χ2v) is 5.46. The van der Waals surface area contributed by atoms with Crippen molar-refractivity contribution < 1.29 is 0 Å². The molecule has 3 rings (SSSR count). The molecule has 0 radical (unpaired) electrons. The van der Waals surface area contributed by atoms with Crippen LogP contribution in [0.15, 0.2) is 24.3 Å². The van der Waals surface area contributed by atoms with Crippen LogP contribution in [0.3, 0.4) is 0 Å². The molecule has 4 heteroatoms. The third kappa shape index (κ3) is 2.27. The SMILES string of the molecule is Cc1nnc(N2CCCCC2CCl)c2ccccc12. The Kier molecular flexibility index (Phi) is 3.56. The van der Waals surface area contributed by atoms with E-state index in [0.29, 0.717) is 11.9 Å². The van der Waals surface area contributed by atoms with Gasteiger partial charge in [-0.3, -0.25) is 0 Å². The first kappa shape index (κ1) is 12.7. The molecule has 1 aliphatic rings. The molecule has 100 valence electrons. The predicted molar refractivity (Wildman–Crippen MR) is 80.0 cm³/mol. The molecule has 0 bridgehead atoms. The molecule has 19 heavy (non-hydrogen) atoms. The predicted octanol–water partition coefficient (Wildman–Crippen LogP) is 3.54. The molecule has 0 amide bonds. The monoisotopic (exact) mass is 275 g/mol. The van der Waals surface area contributed by atoms with Gasteiger partial charge in [-0.15, -0.1) is 16.7 Å². The Hall–Kier alpha value is -1.35. The minimum atomic E-state index is 0.385. The minimum Gasteiger partial charge on any atom is -0.350 e. The Balaban J connectivity index is 2.11. The molecule has 2 heterocycles. The highest BCUT2D eigenvalue weighted by atomic mass is 35.5. The normalized spacial score (nSPS) is 19.9. The van der Waals surface area contributed by atoms with Crippen molar-refractivity contribution in [1.82, 2.24) is 10.2 Å². The van der Waals surface area contributed by atoms with Crippen LogP contribution in [-0.4, -0.2) is 28.7 Å². The van der Waals surface area contributed by atoms with Crippen LogP contribution in [-0.2, 0) is 0 Å². The highest BCUT2D eigenvalue weighted by molar-refractivity contribution is 6.18. The average Bonchev–Trinajstić information content (AvgIpc) is 2.48. The first-order chi connectivity index (χ1) is 9.31. The molecule has 3 nitrogen and oxygen atoms in total. The molecule has 1 unspecified atom stereocenters. The number of rotatable bonds is 2. The summed E-state index contributed by atoms with van der Waals surface area (Å²) in [5, 5.41) is 11.1. The van der Waals surface area contributed by atoms with E-state index in [9.17, 15) is 0 Å². The van der Waals surface area contributed by atoms with Crippen LogP contribution in [0.1, 0.15) is 25.0 Å². The molecule has 1 aromatic carbocycles. The largest absolute Gasteiger partial charge is 0.350 e. The Morgan fingerprint density at radius 2 is 2.00 bits per heavy atom. The summed E-state index contributed by atoms with van der Waals surface area (Å²) in [4.78, 5) is 2.34. The molecule has 1 aliphatic heterocycles. The Morgan fingerprint density at radius 1 is 1.21 bits per heavy atom. The fourth-order valence-corrected chi connectivity index (χ4v) is 3.20. The van der Waals surface area contributed by atoms with E-state index in [0.717, 1.165) is 24.5 Å². The number of hydrogen-bond acceptors (Lipinski definition) is 3. The van der Waals surface area contributed by atoms with E-state index in [1.807, 2.05) is 6.92 Å². The Labute approximate surface area is 118 Å². The summed E-state index contributed by atoms with van der Waals surface area (Å²) in [6.45, 7) is 3.04. The number of aromatic nitrogens is 2. The van der Waals surface area contributed by atoms with Crippen molar-refractivity contribution in [1.29, 1.82) is 0 Å². The summed E-state index contributed by atoms with van der Waals surface area (Å²) in [5.74, 6) is 1.65. The van der Waals surface area contributed by atoms with Gasteiger partial charge in [-0.05, 0) is 26.2 Å². The van der Waals surface area contributed by atoms with Crippen molar-refractivity contribution in [2.45, 2.75) is 32.2 Å². The molecule has 0 N–H and O–H groups in total. The van der Waals surface area contributed by atoms with Gasteiger partial charge in [0.1, 0.15) is 0 Å². The fourth-order valence-electron chi connectivity index (χ4n) is 2.88. The van der Waals surface area contributed by atoms with E-state index >= 15 is 0 Å². The van der Waals surface area contributed by atoms with Crippen LogP contribution in [0.5, 0.6) is 0 Å². The second kappa shape index (κ2) is 5.33. The van der Waals surface area contributed by atoms with Gasteiger partial charge in [0.25, 0.3) is 0 Å². The van der Waals surface area contributed by atoms with Gasteiger partial charge in [-0.25, -0.2) is 0 Å². The lowest BCUT2D eigenvalue weighted by Gasteiger charge is -2.35. The van der Waals surface area contributed by atoms with Gasteiger partial charge in [-0.1, -0.05) is 24.3 Å². The molecular formula is C15H18ClN3. The summed E-state index contributed by atoms with van der Waals surface area (Å²) in [6, 6.07) is 8.74. The van der Waals surface area contributed by atoms with Crippen LogP contribution >= 0.6 is 11.6 Å². The van der Waals surface area contributed by atoms with Crippen molar-refractivity contribution in [3.05, 3.63) is 30.0 Å². The third-order valence-electron chi connectivity index (χ3n) is 3.93. The third-order valence-corrected chi connectivity index (χ3v) is 4.29. The highest BCUT2D eigenvalue weighted by Gasteiger charge is 2.24. The number of fused-ring (bicyclic) bond motifs is 1. The average molecular weight is 276 g/mol. The lowest BCUT2D eigenvalue weighted by atomic mass is 10.0. The summed E-state index contributed by atoms with van der Waals surface area (Å²) in [5.41, 5.74) is 0.985.